The van der Waals surface area contributed by atoms with Gasteiger partial charge in [0.15, 0.2) is 0 Å². The Morgan fingerprint density at radius 2 is 2.00 bits per heavy atom. The van der Waals surface area contributed by atoms with Crippen LogP contribution in [0.15, 0.2) is 42.7 Å². The summed E-state index contributed by atoms with van der Waals surface area (Å²) in [7, 11) is 0. The summed E-state index contributed by atoms with van der Waals surface area (Å²) in [5, 5.41) is 2.98. The third kappa shape index (κ3) is 3.07. The molecule has 1 aromatic heterocycles. The highest BCUT2D eigenvalue weighted by molar-refractivity contribution is 5.84. The minimum atomic E-state index is -0.695. The Labute approximate surface area is 110 Å². The van der Waals surface area contributed by atoms with E-state index >= 15 is 0 Å². The number of rotatable bonds is 4. The monoisotopic (exact) mass is 259 g/mol. The Hall–Kier alpha value is -2.43. The Morgan fingerprint density at radius 1 is 1.32 bits per heavy atom. The van der Waals surface area contributed by atoms with Crippen molar-refractivity contribution in [3.8, 4) is 0 Å². The molecule has 0 spiro atoms. The smallest absolute Gasteiger partial charge is 0.244 e. The fraction of sp³-hybridized carbons (Fsp3) is 0.143. The Bertz CT molecular complexity index is 583. The van der Waals surface area contributed by atoms with Gasteiger partial charge >= 0.3 is 0 Å². The van der Waals surface area contributed by atoms with Crippen LogP contribution in [0.5, 0.6) is 0 Å². The molecule has 19 heavy (non-hydrogen) atoms. The summed E-state index contributed by atoms with van der Waals surface area (Å²) in [4.78, 5) is 15.6. The van der Waals surface area contributed by atoms with Gasteiger partial charge in [-0.2, -0.15) is 0 Å². The van der Waals surface area contributed by atoms with Crippen molar-refractivity contribution < 1.29 is 9.18 Å². The molecule has 0 aliphatic carbocycles. The molecule has 0 aliphatic heterocycles. The molecule has 0 saturated carbocycles. The zero-order valence-electron chi connectivity index (χ0n) is 10.4. The number of aromatic nitrogens is 1. The second-order valence-corrected chi connectivity index (χ2v) is 4.22. The third-order valence-electron chi connectivity index (χ3n) is 2.83. The molecular formula is C14H14FN3O. The molecular weight excluding hydrogens is 245 g/mol. The van der Waals surface area contributed by atoms with Crippen molar-refractivity contribution in [1.82, 2.24) is 4.98 Å². The van der Waals surface area contributed by atoms with E-state index < -0.39 is 11.9 Å². The van der Waals surface area contributed by atoms with Gasteiger partial charge in [-0.05, 0) is 42.8 Å². The van der Waals surface area contributed by atoms with Crippen molar-refractivity contribution in [2.75, 3.05) is 5.32 Å². The number of anilines is 1. The van der Waals surface area contributed by atoms with E-state index in [0.29, 0.717) is 11.3 Å². The van der Waals surface area contributed by atoms with Crippen LogP contribution in [0.2, 0.25) is 0 Å². The van der Waals surface area contributed by atoms with Crippen LogP contribution in [0.25, 0.3) is 0 Å². The largest absolute Gasteiger partial charge is 0.370 e. The first-order valence-electron chi connectivity index (χ1n) is 5.80. The molecule has 98 valence electrons. The number of hydrogen-bond donors (Lipinski definition) is 2. The summed E-state index contributed by atoms with van der Waals surface area (Å²) in [5.74, 6) is -0.848. The van der Waals surface area contributed by atoms with Gasteiger partial charge in [0.1, 0.15) is 11.9 Å². The van der Waals surface area contributed by atoms with Gasteiger partial charge in [0.25, 0.3) is 0 Å². The van der Waals surface area contributed by atoms with Crippen molar-refractivity contribution in [1.29, 1.82) is 0 Å². The van der Waals surface area contributed by atoms with Gasteiger partial charge in [-0.15, -0.1) is 0 Å². The van der Waals surface area contributed by atoms with E-state index in [9.17, 15) is 9.18 Å². The third-order valence-corrected chi connectivity index (χ3v) is 2.83. The number of nitrogens with zero attached hydrogens (tertiary/aromatic N) is 1. The molecule has 3 N–H and O–H groups in total. The number of aryl methyl sites for hydroxylation is 1. The summed E-state index contributed by atoms with van der Waals surface area (Å²) in [5.41, 5.74) is 7.65. The predicted molar refractivity (Wildman–Crippen MR) is 70.9 cm³/mol. The second-order valence-electron chi connectivity index (χ2n) is 4.22. The topological polar surface area (TPSA) is 68.0 Å². The van der Waals surface area contributed by atoms with Crippen molar-refractivity contribution in [3.05, 3.63) is 59.7 Å². The van der Waals surface area contributed by atoms with Gasteiger partial charge in [-0.25, -0.2) is 4.39 Å². The number of pyridine rings is 1. The summed E-state index contributed by atoms with van der Waals surface area (Å²) >= 11 is 0. The number of benzene rings is 1. The number of halogens is 1. The summed E-state index contributed by atoms with van der Waals surface area (Å²) in [6, 6.07) is 6.84. The van der Waals surface area contributed by atoms with Crippen molar-refractivity contribution in [2.24, 2.45) is 5.73 Å². The zero-order chi connectivity index (χ0) is 13.8. The van der Waals surface area contributed by atoms with Crippen molar-refractivity contribution in [3.63, 3.8) is 0 Å². The molecule has 1 amide bonds. The molecule has 1 heterocycles. The highest BCUT2D eigenvalue weighted by atomic mass is 19.1. The number of amides is 1. The molecule has 0 aliphatic rings. The lowest BCUT2D eigenvalue weighted by molar-refractivity contribution is -0.118. The summed E-state index contributed by atoms with van der Waals surface area (Å²) < 4.78 is 12.8. The molecule has 1 atom stereocenters. The van der Waals surface area contributed by atoms with Gasteiger partial charge in [0.05, 0.1) is 0 Å². The Morgan fingerprint density at radius 3 is 2.58 bits per heavy atom. The predicted octanol–water partition coefficient (Wildman–Crippen LogP) is 2.17. The second kappa shape index (κ2) is 5.48. The molecule has 2 rings (SSSR count). The molecule has 0 fully saturated rings. The minimum absolute atomic E-state index is 0.335. The first kappa shape index (κ1) is 13.0. The van der Waals surface area contributed by atoms with Gasteiger partial charge in [-0.3, -0.25) is 9.78 Å². The normalized spacial score (nSPS) is 11.9. The van der Waals surface area contributed by atoms with E-state index in [-0.39, 0.29) is 5.82 Å². The van der Waals surface area contributed by atoms with E-state index in [0.717, 1.165) is 5.56 Å². The van der Waals surface area contributed by atoms with E-state index in [2.05, 4.69) is 10.3 Å². The van der Waals surface area contributed by atoms with Crippen LogP contribution in [-0.2, 0) is 4.79 Å². The van der Waals surface area contributed by atoms with Crippen LogP contribution in [0, 0.1) is 12.7 Å². The fourth-order valence-electron chi connectivity index (χ4n) is 1.79. The van der Waals surface area contributed by atoms with Gasteiger partial charge in [-0.1, -0.05) is 0 Å². The SMILES string of the molecule is Cc1ccncc1C(Nc1ccc(F)cc1)C(N)=O. The quantitative estimate of drug-likeness (QED) is 0.884. The van der Waals surface area contributed by atoms with Crippen LogP contribution >= 0.6 is 0 Å². The average molecular weight is 259 g/mol. The Balaban J connectivity index is 2.29. The fourth-order valence-corrected chi connectivity index (χ4v) is 1.79. The lowest BCUT2D eigenvalue weighted by atomic mass is 10.0. The Kier molecular flexibility index (Phi) is 3.75. The van der Waals surface area contributed by atoms with Crippen LogP contribution in [-0.4, -0.2) is 10.9 Å². The average Bonchev–Trinajstić information content (AvgIpc) is 2.39. The number of nitrogens with one attached hydrogen (secondary N) is 1. The molecule has 0 radical (unpaired) electrons. The minimum Gasteiger partial charge on any atom is -0.370 e. The maximum Gasteiger partial charge on any atom is 0.244 e. The van der Waals surface area contributed by atoms with Crippen LogP contribution in [0.1, 0.15) is 17.2 Å². The maximum atomic E-state index is 12.8. The molecule has 0 saturated heterocycles. The van der Waals surface area contributed by atoms with Gasteiger partial charge in [0.2, 0.25) is 5.91 Å². The summed E-state index contributed by atoms with van der Waals surface area (Å²) in [6.07, 6.45) is 3.25. The van der Waals surface area contributed by atoms with E-state index in [1.165, 1.54) is 12.1 Å². The standard InChI is InChI=1S/C14H14FN3O/c1-9-6-7-17-8-12(9)13(14(16)19)18-11-4-2-10(15)3-5-11/h2-8,13,18H,1H3,(H2,16,19). The van der Waals surface area contributed by atoms with Gasteiger partial charge < -0.3 is 11.1 Å². The van der Waals surface area contributed by atoms with E-state index in [1.807, 2.05) is 6.92 Å². The first-order valence-corrected chi connectivity index (χ1v) is 5.80. The van der Waals surface area contributed by atoms with Crippen molar-refractivity contribution >= 4 is 11.6 Å². The van der Waals surface area contributed by atoms with Crippen LogP contribution < -0.4 is 11.1 Å². The van der Waals surface area contributed by atoms with Crippen LogP contribution in [0.4, 0.5) is 10.1 Å². The lowest BCUT2D eigenvalue weighted by Crippen LogP contribution is -2.28. The molecule has 1 unspecified atom stereocenters. The van der Waals surface area contributed by atoms with E-state index in [1.54, 1.807) is 30.6 Å². The van der Waals surface area contributed by atoms with Crippen molar-refractivity contribution in [2.45, 2.75) is 13.0 Å². The summed E-state index contributed by atoms with van der Waals surface area (Å²) in [6.45, 7) is 1.87. The van der Waals surface area contributed by atoms with E-state index in [4.69, 9.17) is 5.73 Å². The first-order chi connectivity index (χ1) is 9.08. The highest BCUT2D eigenvalue weighted by Gasteiger charge is 2.19. The number of primary amides is 1. The highest BCUT2D eigenvalue weighted by Crippen LogP contribution is 2.21. The lowest BCUT2D eigenvalue weighted by Gasteiger charge is -2.18. The molecule has 0 bridgehead atoms. The zero-order valence-corrected chi connectivity index (χ0v) is 10.4. The molecule has 4 nitrogen and oxygen atoms in total. The number of nitrogens with two attached hydrogens (primary N) is 1. The van der Waals surface area contributed by atoms with Gasteiger partial charge in [0, 0.05) is 23.6 Å². The number of hydrogen-bond acceptors (Lipinski definition) is 3. The number of carbonyl (C=O) groups is 1. The maximum absolute atomic E-state index is 12.8. The van der Waals surface area contributed by atoms with Crippen LogP contribution in [0.3, 0.4) is 0 Å². The molecule has 2 aromatic rings. The number of carbonyl (C=O) groups excluding carboxylic acids is 1. The molecule has 5 heteroatoms. The molecule has 1 aromatic carbocycles.